The van der Waals surface area contributed by atoms with Gasteiger partial charge in [0.25, 0.3) is 0 Å². The Bertz CT molecular complexity index is 1360. The SMILES string of the molecule is COc1ccc(CNC(=O)C(C)(Cc2c[nH]c3ccccc23)NC(=O)CN2CCC(N3CCCCC3)CC2)cc1OC. The number of carbonyl (C=O) groups excluding carboxylic acids is 2. The van der Waals surface area contributed by atoms with E-state index in [0.29, 0.717) is 37.1 Å². The van der Waals surface area contributed by atoms with Crippen molar-refractivity contribution in [3.63, 3.8) is 0 Å². The van der Waals surface area contributed by atoms with E-state index in [1.165, 1.54) is 32.4 Å². The predicted molar refractivity (Wildman–Crippen MR) is 165 cm³/mol. The lowest BCUT2D eigenvalue weighted by Crippen LogP contribution is -2.60. The number of nitrogens with zero attached hydrogens (tertiary/aromatic N) is 2. The summed E-state index contributed by atoms with van der Waals surface area (Å²) in [6, 6.07) is 14.2. The number of aromatic amines is 1. The molecular weight excluding hydrogens is 530 g/mol. The van der Waals surface area contributed by atoms with Crippen molar-refractivity contribution in [2.45, 2.75) is 63.6 Å². The first-order valence-corrected chi connectivity index (χ1v) is 15.2. The van der Waals surface area contributed by atoms with Crippen molar-refractivity contribution in [1.29, 1.82) is 0 Å². The van der Waals surface area contributed by atoms with E-state index in [9.17, 15) is 9.59 Å². The van der Waals surface area contributed by atoms with Gasteiger partial charge in [0.15, 0.2) is 11.5 Å². The Hall–Kier alpha value is -3.56. The molecule has 2 aromatic carbocycles. The molecule has 2 amide bonds. The Morgan fingerprint density at radius 1 is 0.976 bits per heavy atom. The molecule has 3 heterocycles. The van der Waals surface area contributed by atoms with E-state index in [2.05, 4.69) is 25.4 Å². The van der Waals surface area contributed by atoms with E-state index in [-0.39, 0.29) is 11.8 Å². The lowest BCUT2D eigenvalue weighted by Gasteiger charge is -2.40. The fraction of sp³-hybridized carbons (Fsp3) is 0.515. The Labute approximate surface area is 248 Å². The molecule has 2 saturated heterocycles. The van der Waals surface area contributed by atoms with Crippen molar-refractivity contribution in [2.24, 2.45) is 0 Å². The van der Waals surface area contributed by atoms with Gasteiger partial charge in [-0.25, -0.2) is 0 Å². The van der Waals surface area contributed by atoms with Gasteiger partial charge >= 0.3 is 0 Å². The first-order valence-electron chi connectivity index (χ1n) is 15.2. The van der Waals surface area contributed by atoms with Gasteiger partial charge in [0.05, 0.1) is 20.8 Å². The molecule has 0 saturated carbocycles. The van der Waals surface area contributed by atoms with Crippen LogP contribution >= 0.6 is 0 Å². The molecule has 226 valence electrons. The van der Waals surface area contributed by atoms with Crippen LogP contribution in [0.3, 0.4) is 0 Å². The number of methoxy groups -OCH3 is 2. The Morgan fingerprint density at radius 3 is 2.45 bits per heavy atom. The van der Waals surface area contributed by atoms with Crippen LogP contribution < -0.4 is 20.1 Å². The number of nitrogens with one attached hydrogen (secondary N) is 3. The number of ether oxygens (including phenoxy) is 2. The van der Waals surface area contributed by atoms with Gasteiger partial charge in [0.2, 0.25) is 11.8 Å². The van der Waals surface area contributed by atoms with Gasteiger partial charge in [-0.3, -0.25) is 14.5 Å². The van der Waals surface area contributed by atoms with Crippen LogP contribution in [0.5, 0.6) is 11.5 Å². The number of fused-ring (bicyclic) bond motifs is 1. The van der Waals surface area contributed by atoms with Gasteiger partial charge in [-0.05, 0) is 75.0 Å². The Balaban J connectivity index is 1.25. The van der Waals surface area contributed by atoms with Crippen LogP contribution in [0.2, 0.25) is 0 Å². The van der Waals surface area contributed by atoms with Gasteiger partial charge in [0, 0.05) is 49.2 Å². The van der Waals surface area contributed by atoms with Crippen molar-refractivity contribution in [3.8, 4) is 11.5 Å². The third-order valence-corrected chi connectivity index (χ3v) is 8.87. The highest BCUT2D eigenvalue weighted by Gasteiger charge is 2.36. The molecule has 3 aromatic rings. The first kappa shape index (κ1) is 29.9. The van der Waals surface area contributed by atoms with Gasteiger partial charge in [-0.2, -0.15) is 0 Å². The lowest BCUT2D eigenvalue weighted by molar-refractivity contribution is -0.133. The molecular formula is C33H45N5O4. The summed E-state index contributed by atoms with van der Waals surface area (Å²) in [7, 11) is 3.18. The monoisotopic (exact) mass is 575 g/mol. The number of H-pyrrole nitrogens is 1. The standard InChI is InChI=1S/C33H45N5O4/c1-33(20-25-22-34-28-10-6-5-9-27(25)28,32(40)35-21-24-11-12-29(41-2)30(19-24)42-3)36-31(39)23-37-17-13-26(14-18-37)38-15-7-4-8-16-38/h5-6,9-12,19,22,26,34H,4,7-8,13-18,20-21,23H2,1-3H3,(H,35,40)(H,36,39). The summed E-state index contributed by atoms with van der Waals surface area (Å²) in [6.45, 7) is 6.62. The van der Waals surface area contributed by atoms with Gasteiger partial charge in [-0.1, -0.05) is 30.7 Å². The average molecular weight is 576 g/mol. The number of aromatic nitrogens is 1. The molecule has 1 aromatic heterocycles. The maximum absolute atomic E-state index is 13.8. The van der Waals surface area contributed by atoms with Crippen molar-refractivity contribution < 1.29 is 19.1 Å². The molecule has 2 aliphatic rings. The highest BCUT2D eigenvalue weighted by atomic mass is 16.5. The van der Waals surface area contributed by atoms with E-state index >= 15 is 0 Å². The van der Waals surface area contributed by atoms with E-state index in [0.717, 1.165) is 48.0 Å². The predicted octanol–water partition coefficient (Wildman–Crippen LogP) is 3.87. The second kappa shape index (κ2) is 13.6. The van der Waals surface area contributed by atoms with Crippen LogP contribution in [0.15, 0.2) is 48.7 Å². The zero-order valence-corrected chi connectivity index (χ0v) is 25.2. The molecule has 0 aliphatic carbocycles. The van der Waals surface area contributed by atoms with Crippen LogP contribution in [-0.4, -0.2) is 85.1 Å². The smallest absolute Gasteiger partial charge is 0.246 e. The average Bonchev–Trinajstić information content (AvgIpc) is 3.42. The van der Waals surface area contributed by atoms with Crippen LogP contribution in [-0.2, 0) is 22.6 Å². The molecule has 5 rings (SSSR count). The summed E-state index contributed by atoms with van der Waals surface area (Å²) in [4.78, 5) is 35.4. The lowest BCUT2D eigenvalue weighted by atomic mass is 9.91. The molecule has 2 fully saturated rings. The van der Waals surface area contributed by atoms with Crippen LogP contribution in [0.4, 0.5) is 0 Å². The summed E-state index contributed by atoms with van der Waals surface area (Å²) in [5.41, 5.74) is 1.71. The minimum atomic E-state index is -1.15. The van der Waals surface area contributed by atoms with E-state index in [1.54, 1.807) is 14.2 Å². The van der Waals surface area contributed by atoms with Crippen LogP contribution in [0, 0.1) is 0 Å². The van der Waals surface area contributed by atoms with Gasteiger partial charge in [0.1, 0.15) is 5.54 Å². The maximum Gasteiger partial charge on any atom is 0.246 e. The Kier molecular flexibility index (Phi) is 9.69. The topological polar surface area (TPSA) is 98.9 Å². The summed E-state index contributed by atoms with van der Waals surface area (Å²) < 4.78 is 10.8. The molecule has 9 heteroatoms. The zero-order valence-electron chi connectivity index (χ0n) is 25.2. The number of likely N-dealkylation sites (tertiary alicyclic amines) is 2. The number of carbonyl (C=O) groups is 2. The zero-order chi connectivity index (χ0) is 29.5. The number of amides is 2. The fourth-order valence-electron chi connectivity index (χ4n) is 6.48. The first-order chi connectivity index (χ1) is 20.4. The minimum Gasteiger partial charge on any atom is -0.493 e. The number of benzene rings is 2. The van der Waals surface area contributed by atoms with Crippen LogP contribution in [0.25, 0.3) is 10.9 Å². The van der Waals surface area contributed by atoms with Gasteiger partial charge < -0.3 is 30.0 Å². The highest BCUT2D eigenvalue weighted by Crippen LogP contribution is 2.28. The number of hydrogen-bond donors (Lipinski definition) is 3. The molecule has 0 bridgehead atoms. The van der Waals surface area contributed by atoms with Crippen molar-refractivity contribution in [1.82, 2.24) is 25.4 Å². The molecule has 2 aliphatic heterocycles. The largest absolute Gasteiger partial charge is 0.493 e. The normalized spacial score (nSPS) is 18.4. The number of hydrogen-bond acceptors (Lipinski definition) is 6. The van der Waals surface area contributed by atoms with Crippen molar-refractivity contribution >= 4 is 22.7 Å². The van der Waals surface area contributed by atoms with E-state index in [4.69, 9.17) is 9.47 Å². The summed E-state index contributed by atoms with van der Waals surface area (Å²) >= 11 is 0. The quantitative estimate of drug-likeness (QED) is 0.321. The number of piperidine rings is 2. The van der Waals surface area contributed by atoms with Crippen molar-refractivity contribution in [3.05, 3.63) is 59.8 Å². The molecule has 0 spiro atoms. The fourth-order valence-corrected chi connectivity index (χ4v) is 6.48. The Morgan fingerprint density at radius 2 is 1.71 bits per heavy atom. The number of para-hydroxylation sites is 1. The summed E-state index contributed by atoms with van der Waals surface area (Å²) in [5.74, 6) is 0.863. The second-order valence-electron chi connectivity index (χ2n) is 11.9. The molecule has 0 radical (unpaired) electrons. The number of rotatable bonds is 11. The molecule has 9 nitrogen and oxygen atoms in total. The third kappa shape index (κ3) is 7.07. The molecule has 1 unspecified atom stereocenters. The van der Waals surface area contributed by atoms with E-state index in [1.807, 2.05) is 55.6 Å². The molecule has 3 N–H and O–H groups in total. The third-order valence-electron chi connectivity index (χ3n) is 8.87. The van der Waals surface area contributed by atoms with Crippen molar-refractivity contribution in [2.75, 3.05) is 46.9 Å². The second-order valence-corrected chi connectivity index (χ2v) is 11.9. The highest BCUT2D eigenvalue weighted by molar-refractivity contribution is 5.93. The van der Waals surface area contributed by atoms with Gasteiger partial charge in [-0.15, -0.1) is 0 Å². The van der Waals surface area contributed by atoms with Crippen LogP contribution in [0.1, 0.15) is 50.2 Å². The van der Waals surface area contributed by atoms with E-state index < -0.39 is 5.54 Å². The molecule has 1 atom stereocenters. The molecule has 42 heavy (non-hydrogen) atoms. The maximum atomic E-state index is 13.8. The minimum absolute atomic E-state index is 0.130. The summed E-state index contributed by atoms with van der Waals surface area (Å²) in [5, 5.41) is 7.24. The summed E-state index contributed by atoms with van der Waals surface area (Å²) in [6.07, 6.45) is 8.41.